The fraction of sp³-hybridized carbons (Fsp3) is 0. The van der Waals surface area contributed by atoms with Gasteiger partial charge in [-0.1, -0.05) is 0 Å². The average Bonchev–Trinajstić information content (AvgIpc) is 1.89. The molecule has 0 fully saturated rings. The van der Waals surface area contributed by atoms with Crippen LogP contribution in [0.1, 0.15) is 0 Å². The maximum Gasteiger partial charge on any atom is 1.00 e. The van der Waals surface area contributed by atoms with Crippen LogP contribution >= 0.6 is 12.0 Å². The Labute approximate surface area is 84.4 Å². The van der Waals surface area contributed by atoms with Crippen molar-refractivity contribution >= 4 is 12.0 Å². The molecule has 3 nitrogen and oxygen atoms in total. The average molecular weight is 165 g/mol. The Hall–Kier alpha value is 0.260. The van der Waals surface area contributed by atoms with Crippen molar-refractivity contribution in [2.24, 2.45) is 0 Å². The zero-order valence-electron chi connectivity index (χ0n) is 5.46. The summed E-state index contributed by atoms with van der Waals surface area (Å²) in [6.45, 7) is 0. The maximum atomic E-state index is 10.6. The molecule has 1 N–H and O–H groups in total. The molecule has 0 bridgehead atoms. The van der Waals surface area contributed by atoms with Crippen molar-refractivity contribution in [3.8, 4) is 0 Å². The van der Waals surface area contributed by atoms with E-state index >= 15 is 0 Å². The van der Waals surface area contributed by atoms with Gasteiger partial charge < -0.3 is 9.54 Å². The number of pyridine rings is 1. The van der Waals surface area contributed by atoms with E-state index in [9.17, 15) is 9.35 Å². The van der Waals surface area contributed by atoms with E-state index in [1.165, 1.54) is 12.3 Å². The van der Waals surface area contributed by atoms with E-state index in [1.807, 2.05) is 0 Å². The summed E-state index contributed by atoms with van der Waals surface area (Å²) in [6, 6.07) is 3.10. The largest absolute Gasteiger partial charge is 1.00 e. The van der Waals surface area contributed by atoms with Gasteiger partial charge in [0.1, 0.15) is 0 Å². The number of hydrogen-bond donors (Lipinski definition) is 1. The smallest absolute Gasteiger partial charge is 0.795 e. The summed E-state index contributed by atoms with van der Waals surface area (Å²) in [7, 11) is 0. The van der Waals surface area contributed by atoms with Gasteiger partial charge in [-0.2, -0.15) is 0 Å². The second kappa shape index (κ2) is 4.98. The fourth-order valence-corrected chi connectivity index (χ4v) is 0.740. The zero-order valence-corrected chi connectivity index (χ0v) is 8.27. The minimum absolute atomic E-state index is 0. The molecule has 1 heterocycles. The van der Waals surface area contributed by atoms with E-state index in [1.54, 1.807) is 6.07 Å². The Morgan fingerprint density at radius 1 is 1.60 bits per heavy atom. The van der Waals surface area contributed by atoms with Crippen LogP contribution in [-0.4, -0.2) is 9.54 Å². The number of rotatable bonds is 1. The van der Waals surface area contributed by atoms with Crippen LogP contribution in [0.15, 0.2) is 28.0 Å². The molecule has 0 aliphatic carbocycles. The van der Waals surface area contributed by atoms with Crippen molar-refractivity contribution in [3.63, 3.8) is 0 Å². The van der Waals surface area contributed by atoms with Crippen molar-refractivity contribution in [2.45, 2.75) is 4.90 Å². The van der Waals surface area contributed by atoms with Gasteiger partial charge in [0.25, 0.3) is 5.56 Å². The van der Waals surface area contributed by atoms with Gasteiger partial charge in [-0.3, -0.25) is 4.79 Å². The van der Waals surface area contributed by atoms with Crippen LogP contribution in [0.4, 0.5) is 0 Å². The van der Waals surface area contributed by atoms with Gasteiger partial charge in [0.2, 0.25) is 0 Å². The Morgan fingerprint density at radius 2 is 2.30 bits per heavy atom. The van der Waals surface area contributed by atoms with E-state index in [0.29, 0.717) is 0 Å². The zero-order chi connectivity index (χ0) is 6.69. The Bertz CT molecular complexity index is 249. The molecule has 10 heavy (non-hydrogen) atoms. The van der Waals surface area contributed by atoms with E-state index in [4.69, 9.17) is 0 Å². The third kappa shape index (κ3) is 2.48. The standard InChI is InChI=1S/C5H5NO2S.Na/c7-5-4(9-8)2-1-3-6-5;/h1-3,8H,(H,6,7);/q;+1/p-1. The number of nitrogens with one attached hydrogen (secondary N) is 1. The molecule has 0 saturated heterocycles. The predicted octanol–water partition coefficient (Wildman–Crippen LogP) is -2.40. The van der Waals surface area contributed by atoms with Crippen LogP contribution < -0.4 is 35.1 Å². The molecule has 0 saturated carbocycles. The first-order valence-electron chi connectivity index (χ1n) is 2.32. The van der Waals surface area contributed by atoms with Crippen molar-refractivity contribution in [1.29, 1.82) is 0 Å². The molecule has 48 valence electrons. The van der Waals surface area contributed by atoms with Crippen LogP contribution in [0.25, 0.3) is 0 Å². The van der Waals surface area contributed by atoms with Gasteiger partial charge in [0.05, 0.1) is 4.90 Å². The van der Waals surface area contributed by atoms with E-state index in [-0.39, 0.29) is 52.1 Å². The molecular weight excluding hydrogens is 161 g/mol. The molecule has 1 aromatic heterocycles. The third-order valence-corrected chi connectivity index (χ3v) is 1.37. The van der Waals surface area contributed by atoms with Crippen LogP contribution in [0, 0.1) is 0 Å². The van der Waals surface area contributed by atoms with Crippen LogP contribution in [0.2, 0.25) is 0 Å². The van der Waals surface area contributed by atoms with E-state index in [2.05, 4.69) is 4.98 Å². The molecule has 1 rings (SSSR count). The third-order valence-electron chi connectivity index (χ3n) is 0.872. The van der Waals surface area contributed by atoms with Crippen molar-refractivity contribution in [3.05, 3.63) is 28.7 Å². The Kier molecular flexibility index (Phi) is 5.11. The van der Waals surface area contributed by atoms with Gasteiger partial charge in [-0.25, -0.2) is 12.0 Å². The van der Waals surface area contributed by atoms with E-state index in [0.717, 1.165) is 0 Å². The SMILES string of the molecule is O=c1[nH]cccc1S[O-].[Na+]. The summed E-state index contributed by atoms with van der Waals surface area (Å²) >= 11 is 0.202. The summed E-state index contributed by atoms with van der Waals surface area (Å²) in [4.78, 5) is 13.2. The minimum atomic E-state index is -0.322. The summed E-state index contributed by atoms with van der Waals surface area (Å²) < 4.78 is 10.0. The number of H-pyrrole nitrogens is 1. The van der Waals surface area contributed by atoms with Crippen molar-refractivity contribution < 1.29 is 34.1 Å². The molecule has 0 amide bonds. The van der Waals surface area contributed by atoms with Crippen LogP contribution in [0.3, 0.4) is 0 Å². The van der Waals surface area contributed by atoms with Gasteiger partial charge in [-0.15, -0.1) is 0 Å². The molecule has 0 atom stereocenters. The molecule has 5 heteroatoms. The Balaban J connectivity index is 0.000000810. The summed E-state index contributed by atoms with van der Waals surface area (Å²) in [5, 5.41) is 0. The first-order valence-corrected chi connectivity index (χ1v) is 3.06. The Morgan fingerprint density at radius 3 is 2.70 bits per heavy atom. The maximum absolute atomic E-state index is 10.6. The molecule has 0 aromatic carbocycles. The predicted molar refractivity (Wildman–Crippen MR) is 33.7 cm³/mol. The van der Waals surface area contributed by atoms with Gasteiger partial charge >= 0.3 is 29.6 Å². The summed E-state index contributed by atoms with van der Waals surface area (Å²) in [5.74, 6) is 0. The second-order valence-electron chi connectivity index (χ2n) is 1.45. The van der Waals surface area contributed by atoms with Gasteiger partial charge in [-0.05, 0) is 12.1 Å². The normalized spacial score (nSPS) is 8.50. The summed E-state index contributed by atoms with van der Waals surface area (Å²) in [5.41, 5.74) is -0.322. The fourth-order valence-electron chi connectivity index (χ4n) is 0.472. The van der Waals surface area contributed by atoms with E-state index < -0.39 is 0 Å². The molecule has 0 spiro atoms. The minimum Gasteiger partial charge on any atom is -0.795 e. The number of hydrogen-bond acceptors (Lipinski definition) is 3. The first kappa shape index (κ1) is 10.3. The molecule has 0 aliphatic heterocycles. The van der Waals surface area contributed by atoms with Crippen molar-refractivity contribution in [1.82, 2.24) is 4.98 Å². The van der Waals surface area contributed by atoms with Gasteiger partial charge in [0, 0.05) is 6.20 Å². The molecule has 0 aliphatic rings. The number of aromatic nitrogens is 1. The summed E-state index contributed by atoms with van der Waals surface area (Å²) in [6.07, 6.45) is 1.49. The number of aromatic amines is 1. The first-order chi connectivity index (χ1) is 4.34. The van der Waals surface area contributed by atoms with Crippen LogP contribution in [-0.2, 0) is 0 Å². The van der Waals surface area contributed by atoms with Gasteiger partial charge in [0.15, 0.2) is 0 Å². The van der Waals surface area contributed by atoms with Crippen LogP contribution in [0.5, 0.6) is 0 Å². The molecular formula is C5H4NNaO2S. The monoisotopic (exact) mass is 165 g/mol. The quantitative estimate of drug-likeness (QED) is 0.373. The van der Waals surface area contributed by atoms with Crippen molar-refractivity contribution in [2.75, 3.05) is 0 Å². The second-order valence-corrected chi connectivity index (χ2v) is 2.05. The molecule has 0 unspecified atom stereocenters. The molecule has 1 aromatic rings. The molecule has 0 radical (unpaired) electrons. The topological polar surface area (TPSA) is 55.9 Å².